The number of carbonyl (C=O) groups excluding carboxylic acids is 2. The molecule has 4 fully saturated rings. The van der Waals surface area contributed by atoms with E-state index in [4.69, 9.17) is 9.47 Å². The van der Waals surface area contributed by atoms with E-state index in [1.54, 1.807) is 35.5 Å². The van der Waals surface area contributed by atoms with Crippen molar-refractivity contribution in [2.45, 2.75) is 51.0 Å². The zero-order valence-electron chi connectivity index (χ0n) is 28.6. The molecule has 3 aromatic rings. The number of urea groups is 1. The number of nitrogens with zero attached hydrogens (tertiary/aromatic N) is 5. The molecule has 4 aliphatic heterocycles. The number of morpholine rings is 1. The van der Waals surface area contributed by atoms with Crippen molar-refractivity contribution in [3.05, 3.63) is 77.9 Å². The molecule has 1 unspecified atom stereocenters. The number of hydrogen-bond acceptors (Lipinski definition) is 8. The number of piperidine rings is 1. The molecule has 12 heteroatoms. The van der Waals surface area contributed by atoms with Crippen LogP contribution in [0.3, 0.4) is 0 Å². The van der Waals surface area contributed by atoms with Crippen molar-refractivity contribution in [2.24, 2.45) is 5.41 Å². The van der Waals surface area contributed by atoms with E-state index in [2.05, 4.69) is 32.5 Å². The van der Waals surface area contributed by atoms with Gasteiger partial charge in [-0.2, -0.15) is 0 Å². The highest BCUT2D eigenvalue weighted by atomic mass is 19.1. The van der Waals surface area contributed by atoms with Gasteiger partial charge in [0.1, 0.15) is 11.6 Å². The predicted molar refractivity (Wildman–Crippen MR) is 185 cm³/mol. The van der Waals surface area contributed by atoms with Gasteiger partial charge in [-0.05, 0) is 120 Å². The fourth-order valence-corrected chi connectivity index (χ4v) is 7.23. The van der Waals surface area contributed by atoms with Crippen LogP contribution in [0.5, 0.6) is 11.8 Å². The smallest absolute Gasteiger partial charge is 0.322 e. The Bertz CT molecular complexity index is 1580. The fraction of sp³-hybridized carbons (Fsp3) is 0.514. The summed E-state index contributed by atoms with van der Waals surface area (Å²) in [6.45, 7) is 9.26. The summed E-state index contributed by atoms with van der Waals surface area (Å²) in [5.41, 5.74) is 2.05. The second-order valence-electron chi connectivity index (χ2n) is 13.9. The van der Waals surface area contributed by atoms with E-state index in [0.29, 0.717) is 42.1 Å². The summed E-state index contributed by atoms with van der Waals surface area (Å²) in [5, 5.41) is 6.23. The van der Waals surface area contributed by atoms with Gasteiger partial charge in [0.25, 0.3) is 5.91 Å². The van der Waals surface area contributed by atoms with Crippen molar-refractivity contribution < 1.29 is 23.5 Å². The van der Waals surface area contributed by atoms with Crippen LogP contribution in [0.4, 0.5) is 14.9 Å². The molecule has 1 aromatic heterocycles. The van der Waals surface area contributed by atoms with Crippen molar-refractivity contribution in [2.75, 3.05) is 71.3 Å². The lowest BCUT2D eigenvalue weighted by Gasteiger charge is -2.42. The van der Waals surface area contributed by atoms with Gasteiger partial charge in [-0.1, -0.05) is 12.1 Å². The molecular formula is C37H48FN7O4. The third-order valence-corrected chi connectivity index (χ3v) is 10.3. The minimum Gasteiger partial charge on any atom is -0.424 e. The van der Waals surface area contributed by atoms with Crippen molar-refractivity contribution >= 4 is 17.6 Å². The molecule has 4 saturated heterocycles. The summed E-state index contributed by atoms with van der Waals surface area (Å²) < 4.78 is 25.0. The average Bonchev–Trinajstić information content (AvgIpc) is 3.40. The number of benzene rings is 2. The molecule has 2 aromatic carbocycles. The monoisotopic (exact) mass is 673 g/mol. The minimum atomic E-state index is -0.350. The molecule has 5 heterocycles. The number of anilines is 1. The maximum Gasteiger partial charge on any atom is 0.322 e. The summed E-state index contributed by atoms with van der Waals surface area (Å²) >= 11 is 0. The Morgan fingerprint density at radius 3 is 2.55 bits per heavy atom. The minimum absolute atomic E-state index is 0.0835. The van der Waals surface area contributed by atoms with Gasteiger partial charge in [0.15, 0.2) is 0 Å². The van der Waals surface area contributed by atoms with Crippen LogP contribution in [-0.2, 0) is 4.74 Å². The van der Waals surface area contributed by atoms with Gasteiger partial charge in [-0.25, -0.2) is 19.2 Å². The maximum absolute atomic E-state index is 13.4. The molecule has 2 N–H and O–H groups in total. The molecule has 4 aliphatic rings. The summed E-state index contributed by atoms with van der Waals surface area (Å²) in [4.78, 5) is 39.8. The lowest BCUT2D eigenvalue weighted by atomic mass is 9.78. The van der Waals surface area contributed by atoms with Gasteiger partial charge in [0, 0.05) is 49.8 Å². The molecule has 0 radical (unpaired) electrons. The number of aromatic nitrogens is 2. The van der Waals surface area contributed by atoms with Gasteiger partial charge in [-0.3, -0.25) is 4.79 Å². The predicted octanol–water partition coefficient (Wildman–Crippen LogP) is 5.34. The Labute approximate surface area is 288 Å². The number of halogens is 1. The first kappa shape index (κ1) is 34.7. The lowest BCUT2D eigenvalue weighted by molar-refractivity contribution is -0.0966. The van der Waals surface area contributed by atoms with Gasteiger partial charge in [0.05, 0.1) is 18.8 Å². The first-order valence-corrected chi connectivity index (χ1v) is 17.4. The number of hydrogen-bond donors (Lipinski definition) is 2. The third-order valence-electron chi connectivity index (χ3n) is 10.3. The van der Waals surface area contributed by atoms with E-state index in [1.807, 2.05) is 30.0 Å². The fourth-order valence-electron chi connectivity index (χ4n) is 7.23. The molecule has 7 rings (SSSR count). The van der Waals surface area contributed by atoms with Crippen LogP contribution >= 0.6 is 0 Å². The number of ether oxygens (including phenoxy) is 2. The number of nitrogens with one attached hydrogen (secondary N) is 2. The summed E-state index contributed by atoms with van der Waals surface area (Å²) in [6, 6.07) is 13.5. The van der Waals surface area contributed by atoms with Crippen molar-refractivity contribution in [3.63, 3.8) is 0 Å². The molecule has 0 aliphatic carbocycles. The first-order valence-electron chi connectivity index (χ1n) is 17.4. The quantitative estimate of drug-likeness (QED) is 0.382. The number of carbonyl (C=O) groups is 2. The molecule has 11 nitrogen and oxygen atoms in total. The van der Waals surface area contributed by atoms with Crippen LogP contribution in [-0.4, -0.2) is 108 Å². The highest BCUT2D eigenvalue weighted by Gasteiger charge is 2.42. The van der Waals surface area contributed by atoms with Gasteiger partial charge < -0.3 is 34.8 Å². The topological polar surface area (TPSA) is 112 Å². The molecule has 0 bridgehead atoms. The third kappa shape index (κ3) is 8.92. The van der Waals surface area contributed by atoms with E-state index in [1.165, 1.54) is 25.0 Å². The van der Waals surface area contributed by atoms with Crippen LogP contribution in [0.1, 0.15) is 54.4 Å². The summed E-state index contributed by atoms with van der Waals surface area (Å²) in [5.74, 6) is 0.313. The van der Waals surface area contributed by atoms with E-state index in [-0.39, 0.29) is 29.4 Å². The molecule has 0 saturated carbocycles. The van der Waals surface area contributed by atoms with Crippen molar-refractivity contribution in [1.29, 1.82) is 0 Å². The number of rotatable bonds is 4. The number of likely N-dealkylation sites (tertiary alicyclic amines) is 2. The number of aryl methyl sites for hydroxylation is 1. The van der Waals surface area contributed by atoms with Gasteiger partial charge in [-0.15, -0.1) is 0 Å². The van der Waals surface area contributed by atoms with Gasteiger partial charge >= 0.3 is 12.0 Å². The van der Waals surface area contributed by atoms with Crippen LogP contribution in [0.25, 0.3) is 0 Å². The molecule has 49 heavy (non-hydrogen) atoms. The van der Waals surface area contributed by atoms with Crippen LogP contribution in [0, 0.1) is 18.2 Å². The van der Waals surface area contributed by atoms with Crippen LogP contribution in [0.2, 0.25) is 0 Å². The first-order chi connectivity index (χ1) is 23.7. The summed E-state index contributed by atoms with van der Waals surface area (Å²) in [6.07, 6.45) is 9.93. The van der Waals surface area contributed by atoms with E-state index < -0.39 is 0 Å². The molecule has 1 atom stereocenters. The Hall–Kier alpha value is -4.13. The van der Waals surface area contributed by atoms with Crippen LogP contribution in [0.15, 0.2) is 60.9 Å². The zero-order chi connectivity index (χ0) is 34.3. The second kappa shape index (κ2) is 15.6. The zero-order valence-corrected chi connectivity index (χ0v) is 28.6. The highest BCUT2D eigenvalue weighted by molar-refractivity contribution is 5.95. The SMILES string of the molecule is CN1CCC2(CC1)CCN(C(=O)c1cccc(Oc3ncccn3)c1)C2.Cc1ccc(F)cc1NC(=O)N1CCOC2(CCCCNC2)C1. The van der Waals surface area contributed by atoms with E-state index in [9.17, 15) is 14.0 Å². The summed E-state index contributed by atoms with van der Waals surface area (Å²) in [7, 11) is 2.17. The van der Waals surface area contributed by atoms with Crippen molar-refractivity contribution in [1.82, 2.24) is 30.0 Å². The molecule has 262 valence electrons. The highest BCUT2D eigenvalue weighted by Crippen LogP contribution is 2.40. The molecular weight excluding hydrogens is 625 g/mol. The molecule has 3 amide bonds. The van der Waals surface area contributed by atoms with E-state index >= 15 is 0 Å². The van der Waals surface area contributed by atoms with Crippen LogP contribution < -0.4 is 15.4 Å². The molecule has 2 spiro atoms. The Morgan fingerprint density at radius 1 is 0.939 bits per heavy atom. The largest absolute Gasteiger partial charge is 0.424 e. The number of amides is 3. The second-order valence-corrected chi connectivity index (χ2v) is 13.9. The normalized spacial score (nSPS) is 22.3. The van der Waals surface area contributed by atoms with E-state index in [0.717, 1.165) is 70.5 Å². The Kier molecular flexibility index (Phi) is 11.1. The Balaban J connectivity index is 0.000000171. The maximum atomic E-state index is 13.4. The Morgan fingerprint density at radius 2 is 1.73 bits per heavy atom. The standard InChI is InChI=1S/C20H24N4O2.C17H24FN3O2/c1-23-11-6-20(7-12-23)8-13-24(15-20)18(25)16-4-2-5-17(14-16)26-19-21-9-3-10-22-19;1-13-4-5-14(18)10-15(13)20-16(22)21-8-9-23-17(12-21)6-2-3-7-19-11-17/h2-5,9-10,14H,6-8,11-13,15H2,1H3;4-5,10,19H,2-3,6-9,11-12H2,1H3,(H,20,22). The van der Waals surface area contributed by atoms with Crippen molar-refractivity contribution in [3.8, 4) is 11.8 Å². The average molecular weight is 674 g/mol. The lowest BCUT2D eigenvalue weighted by Crippen LogP contribution is -2.58. The van der Waals surface area contributed by atoms with Gasteiger partial charge in [0.2, 0.25) is 0 Å².